The predicted octanol–water partition coefficient (Wildman–Crippen LogP) is 6.73. The first-order valence-electron chi connectivity index (χ1n) is 11.8. The van der Waals surface area contributed by atoms with Crippen molar-refractivity contribution < 1.29 is 28.2 Å². The molecule has 37 heavy (non-hydrogen) atoms. The monoisotopic (exact) mass is 501 g/mol. The molecular formula is C30H25F2NO4. The Balaban J connectivity index is 1.49. The highest BCUT2D eigenvalue weighted by Crippen LogP contribution is 2.25. The summed E-state index contributed by atoms with van der Waals surface area (Å²) in [4.78, 5) is 26.2. The van der Waals surface area contributed by atoms with Gasteiger partial charge in [0.1, 0.15) is 11.6 Å². The van der Waals surface area contributed by atoms with Gasteiger partial charge in [-0.15, -0.1) is 0 Å². The van der Waals surface area contributed by atoms with Gasteiger partial charge in [-0.25, -0.2) is 13.6 Å². The van der Waals surface area contributed by atoms with Crippen molar-refractivity contribution in [2.24, 2.45) is 0 Å². The van der Waals surface area contributed by atoms with E-state index >= 15 is 0 Å². The maximum atomic E-state index is 14.0. The largest absolute Gasteiger partial charge is 0.478 e. The standard InChI is InChI=1S/C30H25F2NO4/c31-26-8-2-1-6-22(26)7-5-19-33(20-21-11-13-24(14-12-21)30(35)36)29(34)23-15-17-25(18-16-23)37-28-10-4-3-9-27(28)32/h1-4,6,8-18H,5,7,19-20H2,(H,35,36). The smallest absolute Gasteiger partial charge is 0.335 e. The van der Waals surface area contributed by atoms with Gasteiger partial charge in [0.05, 0.1) is 5.56 Å². The van der Waals surface area contributed by atoms with Crippen molar-refractivity contribution in [1.29, 1.82) is 0 Å². The maximum absolute atomic E-state index is 14.0. The van der Waals surface area contributed by atoms with Gasteiger partial charge in [0.2, 0.25) is 0 Å². The summed E-state index contributed by atoms with van der Waals surface area (Å²) in [5, 5.41) is 9.15. The molecule has 0 saturated carbocycles. The molecule has 1 amide bonds. The van der Waals surface area contributed by atoms with E-state index < -0.39 is 11.8 Å². The quantitative estimate of drug-likeness (QED) is 0.262. The number of carbonyl (C=O) groups excluding carboxylic acids is 1. The number of amides is 1. The third-order valence-corrected chi connectivity index (χ3v) is 5.86. The Morgan fingerprint density at radius 1 is 0.757 bits per heavy atom. The van der Waals surface area contributed by atoms with Crippen molar-refractivity contribution in [2.75, 3.05) is 6.54 Å². The molecule has 188 valence electrons. The zero-order valence-corrected chi connectivity index (χ0v) is 19.9. The summed E-state index contributed by atoms with van der Waals surface area (Å²) in [6.45, 7) is 0.616. The summed E-state index contributed by atoms with van der Waals surface area (Å²) in [5.74, 6) is -1.57. The Morgan fingerprint density at radius 2 is 1.38 bits per heavy atom. The molecule has 0 atom stereocenters. The molecule has 0 unspecified atom stereocenters. The van der Waals surface area contributed by atoms with E-state index in [2.05, 4.69) is 0 Å². The van der Waals surface area contributed by atoms with Crippen molar-refractivity contribution >= 4 is 11.9 Å². The first-order valence-corrected chi connectivity index (χ1v) is 11.8. The minimum Gasteiger partial charge on any atom is -0.478 e. The molecule has 0 spiro atoms. The molecule has 0 aliphatic carbocycles. The average molecular weight is 502 g/mol. The van der Waals surface area contributed by atoms with Gasteiger partial charge < -0.3 is 14.7 Å². The van der Waals surface area contributed by atoms with Gasteiger partial charge in [-0.3, -0.25) is 4.79 Å². The second kappa shape index (κ2) is 11.9. The highest BCUT2D eigenvalue weighted by atomic mass is 19.1. The second-order valence-electron chi connectivity index (χ2n) is 8.48. The van der Waals surface area contributed by atoms with Crippen LogP contribution < -0.4 is 4.74 Å². The molecule has 4 rings (SSSR count). The summed E-state index contributed by atoms with van der Waals surface area (Å²) in [7, 11) is 0. The third-order valence-electron chi connectivity index (χ3n) is 5.86. The topological polar surface area (TPSA) is 66.8 Å². The summed E-state index contributed by atoms with van der Waals surface area (Å²) in [5.41, 5.74) is 1.92. The Bertz CT molecular complexity index is 1370. The Morgan fingerprint density at radius 3 is 2.03 bits per heavy atom. The molecule has 1 N–H and O–H groups in total. The van der Waals surface area contributed by atoms with Crippen LogP contribution >= 0.6 is 0 Å². The van der Waals surface area contributed by atoms with Crippen LogP contribution in [0.5, 0.6) is 11.5 Å². The highest BCUT2D eigenvalue weighted by molar-refractivity contribution is 5.94. The molecule has 0 fully saturated rings. The van der Waals surface area contributed by atoms with Crippen molar-refractivity contribution in [1.82, 2.24) is 4.90 Å². The lowest BCUT2D eigenvalue weighted by Crippen LogP contribution is -2.31. The minimum absolute atomic E-state index is 0.0844. The molecule has 0 bridgehead atoms. The number of para-hydroxylation sites is 1. The Kier molecular flexibility index (Phi) is 8.26. The van der Waals surface area contributed by atoms with Crippen molar-refractivity contribution in [3.63, 3.8) is 0 Å². The van der Waals surface area contributed by atoms with E-state index in [1.54, 1.807) is 71.6 Å². The highest BCUT2D eigenvalue weighted by Gasteiger charge is 2.17. The number of ether oxygens (including phenoxy) is 1. The number of hydrogen-bond acceptors (Lipinski definition) is 3. The van der Waals surface area contributed by atoms with Crippen LogP contribution in [0.4, 0.5) is 8.78 Å². The molecule has 0 aromatic heterocycles. The van der Waals surface area contributed by atoms with E-state index in [4.69, 9.17) is 9.84 Å². The number of halogens is 2. The van der Waals surface area contributed by atoms with E-state index in [-0.39, 0.29) is 29.6 Å². The number of carbonyl (C=O) groups is 2. The summed E-state index contributed by atoms with van der Waals surface area (Å²) < 4.78 is 33.5. The zero-order valence-electron chi connectivity index (χ0n) is 19.9. The average Bonchev–Trinajstić information content (AvgIpc) is 2.91. The SMILES string of the molecule is O=C(O)c1ccc(CN(CCCc2ccccc2F)C(=O)c2ccc(Oc3ccccc3F)cc2)cc1. The Labute approximate surface area is 213 Å². The number of aryl methyl sites for hydroxylation is 1. The third kappa shape index (κ3) is 6.79. The zero-order chi connectivity index (χ0) is 26.2. The van der Waals surface area contributed by atoms with Gasteiger partial charge in [0, 0.05) is 18.7 Å². The van der Waals surface area contributed by atoms with E-state index in [1.165, 1.54) is 30.3 Å². The fraction of sp³-hybridized carbons (Fsp3) is 0.133. The summed E-state index contributed by atoms with van der Waals surface area (Å²) in [6, 6.07) is 25.3. The van der Waals surface area contributed by atoms with Crippen LogP contribution in [0.1, 0.15) is 38.3 Å². The van der Waals surface area contributed by atoms with Gasteiger partial charge >= 0.3 is 5.97 Å². The summed E-state index contributed by atoms with van der Waals surface area (Å²) in [6.07, 6.45) is 0.998. The number of hydrogen-bond donors (Lipinski definition) is 1. The predicted molar refractivity (Wildman–Crippen MR) is 136 cm³/mol. The maximum Gasteiger partial charge on any atom is 0.335 e. The van der Waals surface area contributed by atoms with E-state index in [0.29, 0.717) is 36.3 Å². The molecule has 4 aromatic rings. The van der Waals surface area contributed by atoms with Crippen LogP contribution in [0, 0.1) is 11.6 Å². The minimum atomic E-state index is -1.03. The molecule has 7 heteroatoms. The lowest BCUT2D eigenvalue weighted by atomic mass is 10.1. The molecular weight excluding hydrogens is 476 g/mol. The number of carboxylic acid groups (broad SMARTS) is 1. The van der Waals surface area contributed by atoms with Crippen LogP contribution in [0.15, 0.2) is 97.1 Å². The van der Waals surface area contributed by atoms with Crippen molar-refractivity contribution in [3.8, 4) is 11.5 Å². The van der Waals surface area contributed by atoms with Gasteiger partial charge in [-0.05, 0) is 78.6 Å². The first-order chi connectivity index (χ1) is 17.9. The van der Waals surface area contributed by atoms with Gasteiger partial charge in [0.25, 0.3) is 5.91 Å². The molecule has 5 nitrogen and oxygen atoms in total. The normalized spacial score (nSPS) is 10.6. The fourth-order valence-corrected chi connectivity index (χ4v) is 3.89. The van der Waals surface area contributed by atoms with Crippen LogP contribution in [0.25, 0.3) is 0 Å². The number of nitrogens with zero attached hydrogens (tertiary/aromatic N) is 1. The first kappa shape index (κ1) is 25.6. The van der Waals surface area contributed by atoms with Crippen molar-refractivity contribution in [3.05, 3.63) is 131 Å². The molecule has 4 aromatic carbocycles. The lowest BCUT2D eigenvalue weighted by molar-refractivity contribution is 0.0694. The second-order valence-corrected chi connectivity index (χ2v) is 8.48. The van der Waals surface area contributed by atoms with E-state index in [9.17, 15) is 18.4 Å². The van der Waals surface area contributed by atoms with E-state index in [0.717, 1.165) is 5.56 Å². The van der Waals surface area contributed by atoms with Crippen LogP contribution in [-0.4, -0.2) is 28.4 Å². The van der Waals surface area contributed by atoms with Crippen LogP contribution in [0.2, 0.25) is 0 Å². The molecule has 0 aliphatic heterocycles. The number of benzene rings is 4. The molecule has 0 aliphatic rings. The van der Waals surface area contributed by atoms with Crippen LogP contribution in [0.3, 0.4) is 0 Å². The van der Waals surface area contributed by atoms with Gasteiger partial charge in [-0.1, -0.05) is 42.5 Å². The molecule has 0 saturated heterocycles. The van der Waals surface area contributed by atoms with Crippen LogP contribution in [-0.2, 0) is 13.0 Å². The van der Waals surface area contributed by atoms with Gasteiger partial charge in [0.15, 0.2) is 11.6 Å². The number of carboxylic acids is 1. The fourth-order valence-electron chi connectivity index (χ4n) is 3.89. The van der Waals surface area contributed by atoms with Crippen molar-refractivity contribution in [2.45, 2.75) is 19.4 Å². The lowest BCUT2D eigenvalue weighted by Gasteiger charge is -2.23. The Hall–Kier alpha value is -4.52. The summed E-state index contributed by atoms with van der Waals surface area (Å²) >= 11 is 0. The molecule has 0 heterocycles. The number of aromatic carboxylic acids is 1. The number of rotatable bonds is 10. The van der Waals surface area contributed by atoms with Gasteiger partial charge in [-0.2, -0.15) is 0 Å². The van der Waals surface area contributed by atoms with E-state index in [1.807, 2.05) is 0 Å². The molecule has 0 radical (unpaired) electrons.